The first-order valence-electron chi connectivity index (χ1n) is 9.74. The molecule has 28 heavy (non-hydrogen) atoms. The monoisotopic (exact) mass is 447 g/mol. The van der Waals surface area contributed by atoms with Crippen LogP contribution in [0.1, 0.15) is 30.4 Å². The summed E-state index contributed by atoms with van der Waals surface area (Å²) in [7, 11) is 1.75. The zero-order valence-electron chi connectivity index (χ0n) is 16.2. The lowest BCUT2D eigenvalue weighted by Crippen LogP contribution is -2.37. The van der Waals surface area contributed by atoms with E-state index >= 15 is 0 Å². The summed E-state index contributed by atoms with van der Waals surface area (Å²) in [6.45, 7) is 3.59. The van der Waals surface area contributed by atoms with Crippen LogP contribution in [0.5, 0.6) is 0 Å². The van der Waals surface area contributed by atoms with Gasteiger partial charge in [0.1, 0.15) is 11.6 Å². The first kappa shape index (κ1) is 20.6. The second-order valence-corrected chi connectivity index (χ2v) is 7.83. The third-order valence-electron chi connectivity index (χ3n) is 4.85. The van der Waals surface area contributed by atoms with E-state index in [1.54, 1.807) is 7.05 Å². The third-order valence-corrected chi connectivity index (χ3v) is 5.35. The van der Waals surface area contributed by atoms with Gasteiger partial charge in [-0.1, -0.05) is 28.1 Å². The van der Waals surface area contributed by atoms with E-state index in [0.717, 1.165) is 53.4 Å². The molecule has 0 saturated carbocycles. The number of nitrogens with zero attached hydrogens (tertiary/aromatic N) is 3. The number of aromatic nitrogens is 1. The van der Waals surface area contributed by atoms with Crippen LogP contribution in [0.3, 0.4) is 0 Å². The summed E-state index contributed by atoms with van der Waals surface area (Å²) in [4.78, 5) is 11.1. The number of hydrogen-bond acceptors (Lipinski definition) is 3. The highest BCUT2D eigenvalue weighted by Gasteiger charge is 2.13. The molecule has 1 aromatic heterocycles. The minimum atomic E-state index is -0.165. The van der Waals surface area contributed by atoms with Crippen molar-refractivity contribution in [1.82, 2.24) is 15.6 Å². The van der Waals surface area contributed by atoms with Gasteiger partial charge < -0.3 is 15.5 Å². The molecule has 1 aromatic carbocycles. The molecule has 0 atom stereocenters. The van der Waals surface area contributed by atoms with Gasteiger partial charge >= 0.3 is 0 Å². The Balaban J connectivity index is 1.39. The van der Waals surface area contributed by atoms with Crippen molar-refractivity contribution >= 4 is 27.7 Å². The van der Waals surface area contributed by atoms with Crippen LogP contribution in [-0.4, -0.2) is 37.6 Å². The molecule has 0 spiro atoms. The molecule has 3 rings (SSSR count). The molecule has 1 aliphatic heterocycles. The lowest BCUT2D eigenvalue weighted by atomic mass is 10.1. The quantitative estimate of drug-likeness (QED) is 0.384. The molecule has 1 saturated heterocycles. The standard InChI is InChI=1S/C21H27BrFN5/c1-24-21(25-10-4-5-17-7-8-18(22)13-19(17)23)27-15-16-6-9-20(26-14-16)28-11-2-3-12-28/h6-9,13-14H,2-5,10-12,15H2,1H3,(H2,24,25,27). The topological polar surface area (TPSA) is 52.6 Å². The van der Waals surface area contributed by atoms with Crippen molar-refractivity contribution in [2.24, 2.45) is 4.99 Å². The Morgan fingerprint density at radius 3 is 2.71 bits per heavy atom. The Bertz CT molecular complexity index is 788. The van der Waals surface area contributed by atoms with Gasteiger partial charge in [0.2, 0.25) is 0 Å². The van der Waals surface area contributed by atoms with Crippen LogP contribution < -0.4 is 15.5 Å². The van der Waals surface area contributed by atoms with Gasteiger partial charge in [-0.2, -0.15) is 0 Å². The summed E-state index contributed by atoms with van der Waals surface area (Å²) in [6, 6.07) is 9.40. The van der Waals surface area contributed by atoms with E-state index in [2.05, 4.69) is 53.6 Å². The van der Waals surface area contributed by atoms with Crippen molar-refractivity contribution in [3.05, 3.63) is 57.9 Å². The fourth-order valence-corrected chi connectivity index (χ4v) is 3.60. The number of hydrogen-bond donors (Lipinski definition) is 2. The van der Waals surface area contributed by atoms with E-state index in [1.807, 2.05) is 18.3 Å². The molecule has 150 valence electrons. The van der Waals surface area contributed by atoms with Gasteiger partial charge in [-0.15, -0.1) is 0 Å². The number of nitrogens with one attached hydrogen (secondary N) is 2. The minimum absolute atomic E-state index is 0.165. The van der Waals surface area contributed by atoms with Crippen LogP contribution >= 0.6 is 15.9 Å². The van der Waals surface area contributed by atoms with Crippen molar-refractivity contribution in [2.75, 3.05) is 31.6 Å². The lowest BCUT2D eigenvalue weighted by Gasteiger charge is -2.16. The second-order valence-electron chi connectivity index (χ2n) is 6.91. The van der Waals surface area contributed by atoms with Crippen LogP contribution in [0.15, 0.2) is 46.0 Å². The van der Waals surface area contributed by atoms with Crippen molar-refractivity contribution in [3.8, 4) is 0 Å². The number of aliphatic imine (C=N–C) groups is 1. The molecular formula is C21H27BrFN5. The highest BCUT2D eigenvalue weighted by molar-refractivity contribution is 9.10. The molecule has 0 amide bonds. The molecule has 2 aromatic rings. The molecule has 2 heterocycles. The largest absolute Gasteiger partial charge is 0.357 e. The molecular weight excluding hydrogens is 421 g/mol. The highest BCUT2D eigenvalue weighted by Crippen LogP contribution is 2.18. The number of aryl methyl sites for hydroxylation is 1. The molecule has 0 unspecified atom stereocenters. The number of guanidine groups is 1. The van der Waals surface area contributed by atoms with Crippen LogP contribution in [0.25, 0.3) is 0 Å². The summed E-state index contributed by atoms with van der Waals surface area (Å²) in [5.41, 5.74) is 1.85. The Hall–Kier alpha value is -2.15. The van der Waals surface area contributed by atoms with Gasteiger partial charge in [-0.3, -0.25) is 4.99 Å². The number of anilines is 1. The van der Waals surface area contributed by atoms with Gasteiger partial charge in [0.05, 0.1) is 0 Å². The van der Waals surface area contributed by atoms with E-state index in [0.29, 0.717) is 13.0 Å². The van der Waals surface area contributed by atoms with Crippen molar-refractivity contribution < 1.29 is 4.39 Å². The van der Waals surface area contributed by atoms with Gasteiger partial charge in [-0.25, -0.2) is 9.37 Å². The van der Waals surface area contributed by atoms with E-state index in [-0.39, 0.29) is 5.82 Å². The van der Waals surface area contributed by atoms with Gasteiger partial charge in [0.15, 0.2) is 5.96 Å². The average molecular weight is 448 g/mol. The zero-order valence-corrected chi connectivity index (χ0v) is 17.8. The molecule has 2 N–H and O–H groups in total. The maximum absolute atomic E-state index is 13.8. The average Bonchev–Trinajstić information content (AvgIpc) is 3.24. The smallest absolute Gasteiger partial charge is 0.191 e. The first-order valence-corrected chi connectivity index (χ1v) is 10.5. The third kappa shape index (κ3) is 5.92. The summed E-state index contributed by atoms with van der Waals surface area (Å²) >= 11 is 3.28. The fourth-order valence-electron chi connectivity index (χ4n) is 3.27. The number of pyridine rings is 1. The van der Waals surface area contributed by atoms with Crippen molar-refractivity contribution in [2.45, 2.75) is 32.2 Å². The molecule has 0 aliphatic carbocycles. The van der Waals surface area contributed by atoms with Gasteiger partial charge in [-0.05, 0) is 55.0 Å². The predicted molar refractivity (Wildman–Crippen MR) is 116 cm³/mol. The van der Waals surface area contributed by atoms with Crippen LogP contribution in [0.2, 0.25) is 0 Å². The van der Waals surface area contributed by atoms with E-state index in [9.17, 15) is 4.39 Å². The Kier molecular flexibility index (Phi) is 7.65. The van der Waals surface area contributed by atoms with Gasteiger partial charge in [0.25, 0.3) is 0 Å². The van der Waals surface area contributed by atoms with Crippen molar-refractivity contribution in [1.29, 1.82) is 0 Å². The second kappa shape index (κ2) is 10.4. The van der Waals surface area contributed by atoms with Crippen LogP contribution in [0, 0.1) is 5.82 Å². The van der Waals surface area contributed by atoms with Crippen LogP contribution in [0.4, 0.5) is 10.2 Å². The maximum atomic E-state index is 13.8. The minimum Gasteiger partial charge on any atom is -0.357 e. The molecule has 7 heteroatoms. The molecule has 0 bridgehead atoms. The molecule has 5 nitrogen and oxygen atoms in total. The predicted octanol–water partition coefficient (Wildman–Crippen LogP) is 3.88. The highest BCUT2D eigenvalue weighted by atomic mass is 79.9. The number of rotatable bonds is 7. The molecule has 1 aliphatic rings. The van der Waals surface area contributed by atoms with E-state index < -0.39 is 0 Å². The lowest BCUT2D eigenvalue weighted by molar-refractivity contribution is 0.602. The molecule has 0 radical (unpaired) electrons. The van der Waals surface area contributed by atoms with Gasteiger partial charge in [0, 0.05) is 43.9 Å². The SMILES string of the molecule is CN=C(NCCCc1ccc(Br)cc1F)NCc1ccc(N2CCCC2)nc1. The van der Waals surface area contributed by atoms with Crippen molar-refractivity contribution in [3.63, 3.8) is 0 Å². The van der Waals surface area contributed by atoms with E-state index in [4.69, 9.17) is 0 Å². The Morgan fingerprint density at radius 2 is 2.04 bits per heavy atom. The summed E-state index contributed by atoms with van der Waals surface area (Å²) in [5.74, 6) is 1.63. The van der Waals surface area contributed by atoms with E-state index in [1.165, 1.54) is 18.9 Å². The first-order chi connectivity index (χ1) is 13.7. The zero-order chi connectivity index (χ0) is 19.8. The Labute approximate surface area is 174 Å². The summed E-state index contributed by atoms with van der Waals surface area (Å²) < 4.78 is 14.6. The summed E-state index contributed by atoms with van der Waals surface area (Å²) in [5, 5.41) is 6.57. The Morgan fingerprint density at radius 1 is 1.21 bits per heavy atom. The fraction of sp³-hybridized carbons (Fsp3) is 0.429. The maximum Gasteiger partial charge on any atom is 0.191 e. The molecule has 1 fully saturated rings. The number of benzene rings is 1. The number of halogens is 2. The summed E-state index contributed by atoms with van der Waals surface area (Å²) in [6.07, 6.45) is 5.93. The van der Waals surface area contributed by atoms with Crippen LogP contribution in [-0.2, 0) is 13.0 Å². The normalized spacial score (nSPS) is 14.4.